The smallest absolute Gasteiger partial charge is 0.235 e. The number of hydrogen-bond acceptors (Lipinski definition) is 3. The van der Waals surface area contributed by atoms with E-state index in [0.29, 0.717) is 22.3 Å². The number of thiocyanates is 1. The van der Waals surface area contributed by atoms with Crippen molar-refractivity contribution < 1.29 is 4.79 Å². The average molecular weight is 198 g/mol. The van der Waals surface area contributed by atoms with E-state index in [0.717, 1.165) is 0 Å². The van der Waals surface area contributed by atoms with Gasteiger partial charge in [-0.15, -0.1) is 0 Å². The van der Waals surface area contributed by atoms with Gasteiger partial charge in [0, 0.05) is 17.3 Å². The van der Waals surface area contributed by atoms with E-state index in [-0.39, 0.29) is 5.12 Å². The van der Waals surface area contributed by atoms with Gasteiger partial charge in [-0.3, -0.25) is 4.79 Å². The zero-order chi connectivity index (χ0) is 8.97. The molecule has 0 aliphatic rings. The van der Waals surface area contributed by atoms with Crippen molar-refractivity contribution in [1.82, 2.24) is 0 Å². The van der Waals surface area contributed by atoms with Crippen molar-refractivity contribution in [3.63, 3.8) is 0 Å². The van der Waals surface area contributed by atoms with Crippen LogP contribution in [-0.4, -0.2) is 5.12 Å². The Labute approximate surface area is 79.1 Å². The van der Waals surface area contributed by atoms with Crippen LogP contribution in [-0.2, 0) is 0 Å². The van der Waals surface area contributed by atoms with Crippen LogP contribution in [0.25, 0.3) is 0 Å². The highest BCUT2D eigenvalue weighted by molar-refractivity contribution is 8.18. The van der Waals surface area contributed by atoms with Gasteiger partial charge in [0.05, 0.1) is 5.02 Å². The number of nitriles is 1. The molecule has 0 spiro atoms. The number of benzene rings is 1. The Morgan fingerprint density at radius 3 is 2.75 bits per heavy atom. The van der Waals surface area contributed by atoms with Crippen LogP contribution >= 0.6 is 23.4 Å². The maximum atomic E-state index is 11.1. The number of hydrogen-bond donors (Lipinski definition) is 0. The lowest BCUT2D eigenvalue weighted by Crippen LogP contribution is -1.91. The van der Waals surface area contributed by atoms with E-state index in [1.165, 1.54) is 0 Å². The summed E-state index contributed by atoms with van der Waals surface area (Å²) in [5.74, 6) is 0. The van der Waals surface area contributed by atoms with E-state index in [9.17, 15) is 4.79 Å². The van der Waals surface area contributed by atoms with Crippen LogP contribution < -0.4 is 0 Å². The highest BCUT2D eigenvalue weighted by atomic mass is 35.5. The van der Waals surface area contributed by atoms with Crippen molar-refractivity contribution in [3.05, 3.63) is 34.9 Å². The van der Waals surface area contributed by atoms with Gasteiger partial charge < -0.3 is 0 Å². The minimum absolute atomic E-state index is 0.317. The number of halogens is 1. The first-order valence-electron chi connectivity index (χ1n) is 3.10. The first kappa shape index (κ1) is 9.11. The van der Waals surface area contributed by atoms with Crippen LogP contribution in [0.2, 0.25) is 5.02 Å². The number of carbonyl (C=O) groups is 1. The maximum absolute atomic E-state index is 11.1. The zero-order valence-electron chi connectivity index (χ0n) is 5.95. The van der Waals surface area contributed by atoms with Gasteiger partial charge in [0.25, 0.3) is 0 Å². The second-order valence-electron chi connectivity index (χ2n) is 1.96. The van der Waals surface area contributed by atoms with Gasteiger partial charge >= 0.3 is 0 Å². The Morgan fingerprint density at radius 2 is 2.17 bits per heavy atom. The van der Waals surface area contributed by atoms with E-state index in [2.05, 4.69) is 0 Å². The summed E-state index contributed by atoms with van der Waals surface area (Å²) in [6, 6.07) is 6.65. The largest absolute Gasteiger partial charge is 0.280 e. The quantitative estimate of drug-likeness (QED) is 0.650. The lowest BCUT2D eigenvalue weighted by molar-refractivity contribution is 0.109. The van der Waals surface area contributed by atoms with Crippen molar-refractivity contribution in [2.24, 2.45) is 0 Å². The van der Waals surface area contributed by atoms with Gasteiger partial charge in [0.2, 0.25) is 5.12 Å². The summed E-state index contributed by atoms with van der Waals surface area (Å²) in [5, 5.41) is 10.0. The Balaban J connectivity index is 2.97. The minimum atomic E-state index is -0.317. The number of carbonyl (C=O) groups excluding carboxylic acids is 1. The summed E-state index contributed by atoms with van der Waals surface area (Å²) >= 11 is 6.29. The number of thioether (sulfide) groups is 1. The fraction of sp³-hybridized carbons (Fsp3) is 0. The van der Waals surface area contributed by atoms with Crippen LogP contribution in [0.1, 0.15) is 10.4 Å². The number of rotatable bonds is 1. The normalized spacial score (nSPS) is 9.00. The average Bonchev–Trinajstić information content (AvgIpc) is 2.05. The minimum Gasteiger partial charge on any atom is -0.280 e. The van der Waals surface area contributed by atoms with Gasteiger partial charge in [-0.1, -0.05) is 23.7 Å². The molecule has 0 unspecified atom stereocenters. The zero-order valence-corrected chi connectivity index (χ0v) is 7.52. The van der Waals surface area contributed by atoms with Crippen LogP contribution in [0.3, 0.4) is 0 Å². The van der Waals surface area contributed by atoms with Crippen molar-refractivity contribution >= 4 is 28.5 Å². The SMILES string of the molecule is N#CSC(=O)c1ccccc1Cl. The van der Waals surface area contributed by atoms with Crippen molar-refractivity contribution in [2.45, 2.75) is 0 Å². The molecule has 0 amide bonds. The van der Waals surface area contributed by atoms with E-state index >= 15 is 0 Å². The van der Waals surface area contributed by atoms with Gasteiger partial charge in [-0.25, -0.2) is 0 Å². The molecule has 0 fully saturated rings. The van der Waals surface area contributed by atoms with Crippen LogP contribution in [0.15, 0.2) is 24.3 Å². The standard InChI is InChI=1S/C8H4ClNOS/c9-7-4-2-1-3-6(7)8(11)12-5-10/h1-4H. The van der Waals surface area contributed by atoms with E-state index < -0.39 is 0 Å². The second kappa shape index (κ2) is 4.15. The van der Waals surface area contributed by atoms with E-state index in [1.807, 2.05) is 0 Å². The first-order chi connectivity index (χ1) is 5.75. The molecule has 0 radical (unpaired) electrons. The molecular formula is C8H4ClNOS. The monoisotopic (exact) mass is 197 g/mol. The third-order valence-corrected chi connectivity index (χ3v) is 2.06. The molecule has 0 aromatic heterocycles. The summed E-state index contributed by atoms with van der Waals surface area (Å²) in [6.07, 6.45) is 0. The van der Waals surface area contributed by atoms with Crippen LogP contribution in [0.5, 0.6) is 0 Å². The summed E-state index contributed by atoms with van der Waals surface area (Å²) < 4.78 is 0. The lowest BCUT2D eigenvalue weighted by atomic mass is 10.2. The molecule has 1 aromatic carbocycles. The molecule has 1 aromatic rings. The predicted octanol–water partition coefficient (Wildman–Crippen LogP) is 2.69. The maximum Gasteiger partial charge on any atom is 0.235 e. The van der Waals surface area contributed by atoms with Crippen LogP contribution in [0, 0.1) is 10.7 Å². The predicted molar refractivity (Wildman–Crippen MR) is 49.0 cm³/mol. The molecule has 0 atom stereocenters. The highest BCUT2D eigenvalue weighted by Gasteiger charge is 2.08. The summed E-state index contributed by atoms with van der Waals surface area (Å²) in [5.41, 5.74) is 0.380. The molecule has 0 bridgehead atoms. The fourth-order valence-electron chi connectivity index (χ4n) is 0.723. The summed E-state index contributed by atoms with van der Waals surface area (Å²) in [6.45, 7) is 0. The van der Waals surface area contributed by atoms with Gasteiger partial charge in [0.15, 0.2) is 0 Å². The molecule has 0 aliphatic carbocycles. The number of nitrogens with zero attached hydrogens (tertiary/aromatic N) is 1. The molecule has 0 saturated carbocycles. The van der Waals surface area contributed by atoms with Gasteiger partial charge in [0.1, 0.15) is 5.40 Å². The molecule has 2 nitrogen and oxygen atoms in total. The topological polar surface area (TPSA) is 40.9 Å². The molecule has 1 rings (SSSR count). The third-order valence-electron chi connectivity index (χ3n) is 1.23. The van der Waals surface area contributed by atoms with Crippen molar-refractivity contribution in [2.75, 3.05) is 0 Å². The summed E-state index contributed by atoms with van der Waals surface area (Å²) in [7, 11) is 0. The van der Waals surface area contributed by atoms with Crippen LogP contribution in [0.4, 0.5) is 0 Å². The van der Waals surface area contributed by atoms with E-state index in [4.69, 9.17) is 16.9 Å². The van der Waals surface area contributed by atoms with Gasteiger partial charge in [-0.05, 0) is 12.1 Å². The van der Waals surface area contributed by atoms with E-state index in [1.54, 1.807) is 29.7 Å². The molecule has 0 N–H and O–H groups in total. The molecule has 0 saturated heterocycles. The molecule has 4 heteroatoms. The molecule has 60 valence electrons. The molecule has 12 heavy (non-hydrogen) atoms. The fourth-order valence-corrected chi connectivity index (χ4v) is 1.37. The van der Waals surface area contributed by atoms with Gasteiger partial charge in [-0.2, -0.15) is 5.26 Å². The molecule has 0 aliphatic heterocycles. The lowest BCUT2D eigenvalue weighted by Gasteiger charge is -1.96. The molecule has 0 heterocycles. The molecular weight excluding hydrogens is 194 g/mol. The first-order valence-corrected chi connectivity index (χ1v) is 4.30. The van der Waals surface area contributed by atoms with Crippen molar-refractivity contribution in [3.8, 4) is 5.40 Å². The Hall–Kier alpha value is -0.980. The Morgan fingerprint density at radius 1 is 1.50 bits per heavy atom. The second-order valence-corrected chi connectivity index (χ2v) is 3.13. The highest BCUT2D eigenvalue weighted by Crippen LogP contribution is 2.19. The Bertz CT molecular complexity index is 345. The summed E-state index contributed by atoms with van der Waals surface area (Å²) in [4.78, 5) is 11.1. The Kier molecular flexibility index (Phi) is 3.15. The van der Waals surface area contributed by atoms with Crippen molar-refractivity contribution in [1.29, 1.82) is 5.26 Å². The third kappa shape index (κ3) is 2.00.